The zero-order valence-electron chi connectivity index (χ0n) is 17.4. The Hall–Kier alpha value is -1.43. The van der Waals surface area contributed by atoms with Gasteiger partial charge in [-0.15, -0.1) is 0 Å². The molecular weight excluding hydrogens is 344 g/mol. The fourth-order valence-corrected chi connectivity index (χ4v) is 4.15. The van der Waals surface area contributed by atoms with Crippen molar-refractivity contribution in [1.82, 2.24) is 0 Å². The maximum atomic E-state index is 11.5. The van der Waals surface area contributed by atoms with Gasteiger partial charge in [-0.2, -0.15) is 0 Å². The fraction of sp³-hybridized carbons (Fsp3) is 0.682. The number of methoxy groups -OCH3 is 1. The molecule has 5 heteroatoms. The molecule has 27 heavy (non-hydrogen) atoms. The summed E-state index contributed by atoms with van der Waals surface area (Å²) in [5, 5.41) is 0. The van der Waals surface area contributed by atoms with E-state index in [1.54, 1.807) is 7.11 Å². The van der Waals surface area contributed by atoms with E-state index in [4.69, 9.17) is 18.9 Å². The summed E-state index contributed by atoms with van der Waals surface area (Å²) in [4.78, 5) is 11.5. The molecule has 0 radical (unpaired) electrons. The molecule has 5 nitrogen and oxygen atoms in total. The van der Waals surface area contributed by atoms with Crippen LogP contribution in [0.2, 0.25) is 0 Å². The Balaban J connectivity index is 2.14. The molecule has 0 spiro atoms. The summed E-state index contributed by atoms with van der Waals surface area (Å²) in [5.41, 5.74) is 1.15. The molecule has 1 heterocycles. The second-order valence-electron chi connectivity index (χ2n) is 7.60. The summed E-state index contributed by atoms with van der Waals surface area (Å²) in [5.74, 6) is 0.0354. The van der Waals surface area contributed by atoms with Gasteiger partial charge in [0, 0.05) is 31.8 Å². The second kappa shape index (κ2) is 10.2. The molecule has 1 saturated heterocycles. The van der Waals surface area contributed by atoms with Crippen molar-refractivity contribution in [2.45, 2.75) is 72.2 Å². The van der Waals surface area contributed by atoms with Gasteiger partial charge < -0.3 is 18.9 Å². The molecule has 2 rings (SSSR count). The van der Waals surface area contributed by atoms with Crippen molar-refractivity contribution in [1.29, 1.82) is 0 Å². The minimum Gasteiger partial charge on any atom is -0.462 e. The Bertz CT molecular complexity index is 575. The third-order valence-corrected chi connectivity index (χ3v) is 5.62. The van der Waals surface area contributed by atoms with Crippen LogP contribution < -0.4 is 0 Å². The van der Waals surface area contributed by atoms with Gasteiger partial charge in [0.15, 0.2) is 6.29 Å². The molecule has 1 aromatic carbocycles. The van der Waals surface area contributed by atoms with Crippen molar-refractivity contribution in [2.24, 2.45) is 17.8 Å². The molecule has 1 aliphatic rings. The third kappa shape index (κ3) is 5.53. The molecule has 1 aliphatic heterocycles. The van der Waals surface area contributed by atoms with Crippen molar-refractivity contribution in [3.05, 3.63) is 35.9 Å². The Kier molecular flexibility index (Phi) is 8.27. The van der Waals surface area contributed by atoms with E-state index in [9.17, 15) is 4.79 Å². The predicted molar refractivity (Wildman–Crippen MR) is 104 cm³/mol. The van der Waals surface area contributed by atoms with Crippen LogP contribution in [0.15, 0.2) is 30.3 Å². The van der Waals surface area contributed by atoms with E-state index in [0.717, 1.165) is 12.0 Å². The van der Waals surface area contributed by atoms with Crippen LogP contribution in [0.5, 0.6) is 0 Å². The number of rotatable bonds is 8. The smallest absolute Gasteiger partial charge is 0.302 e. The molecule has 0 saturated carbocycles. The SMILES string of the molecule is CC[C@H](OC(C)=O)[C@@H](C)[C@H]1O[C@H](OC)[C@@H](C)[C@@H](OCc2ccccc2)[C@H]1C. The molecule has 7 atom stereocenters. The van der Waals surface area contributed by atoms with E-state index in [2.05, 4.69) is 32.9 Å². The Morgan fingerprint density at radius 3 is 2.41 bits per heavy atom. The fourth-order valence-electron chi connectivity index (χ4n) is 4.15. The molecule has 0 amide bonds. The lowest BCUT2D eigenvalue weighted by molar-refractivity contribution is -0.277. The van der Waals surface area contributed by atoms with E-state index in [1.165, 1.54) is 6.92 Å². The second-order valence-corrected chi connectivity index (χ2v) is 7.60. The van der Waals surface area contributed by atoms with Crippen LogP contribution in [-0.4, -0.2) is 37.7 Å². The van der Waals surface area contributed by atoms with Crippen molar-refractivity contribution in [2.75, 3.05) is 7.11 Å². The highest BCUT2D eigenvalue weighted by Crippen LogP contribution is 2.38. The van der Waals surface area contributed by atoms with E-state index in [-0.39, 0.29) is 48.3 Å². The first-order valence-electron chi connectivity index (χ1n) is 9.90. The monoisotopic (exact) mass is 378 g/mol. The van der Waals surface area contributed by atoms with Crippen LogP contribution in [-0.2, 0) is 30.3 Å². The van der Waals surface area contributed by atoms with Gasteiger partial charge in [0.05, 0.1) is 18.8 Å². The van der Waals surface area contributed by atoms with E-state index in [1.807, 2.05) is 25.1 Å². The molecular formula is C22H34O5. The van der Waals surface area contributed by atoms with E-state index in [0.29, 0.717) is 6.61 Å². The molecule has 152 valence electrons. The zero-order valence-corrected chi connectivity index (χ0v) is 17.4. The minimum atomic E-state index is -0.343. The summed E-state index contributed by atoms with van der Waals surface area (Å²) in [6.45, 7) is 10.4. The van der Waals surface area contributed by atoms with Crippen molar-refractivity contribution in [3.8, 4) is 0 Å². The largest absolute Gasteiger partial charge is 0.462 e. The van der Waals surface area contributed by atoms with Gasteiger partial charge in [-0.3, -0.25) is 4.79 Å². The van der Waals surface area contributed by atoms with Crippen LogP contribution in [0.25, 0.3) is 0 Å². The number of ether oxygens (including phenoxy) is 4. The first-order chi connectivity index (χ1) is 12.9. The molecule has 0 unspecified atom stereocenters. The average molecular weight is 379 g/mol. The molecule has 0 aliphatic carbocycles. The predicted octanol–water partition coefficient (Wildman–Crippen LogP) is 4.19. The summed E-state index contributed by atoms with van der Waals surface area (Å²) in [6, 6.07) is 10.2. The van der Waals surface area contributed by atoms with Gasteiger partial charge in [0.2, 0.25) is 0 Å². The van der Waals surface area contributed by atoms with Crippen LogP contribution in [0.4, 0.5) is 0 Å². The zero-order chi connectivity index (χ0) is 20.0. The lowest BCUT2D eigenvalue weighted by Gasteiger charge is -2.47. The number of carbonyl (C=O) groups is 1. The standard InChI is InChI=1S/C22H34O5/c1-7-19(26-17(5)23)14(2)21-15(3)20(16(4)22(24-6)27-21)25-13-18-11-9-8-10-12-18/h8-12,14-16,19-22H,7,13H2,1-6H3/t14-,15-,16+,19+,20+,21-,22+/m1/s1. The maximum Gasteiger partial charge on any atom is 0.302 e. The van der Waals surface area contributed by atoms with Crippen LogP contribution >= 0.6 is 0 Å². The highest BCUT2D eigenvalue weighted by Gasteiger charge is 2.46. The summed E-state index contributed by atoms with van der Waals surface area (Å²) in [6.07, 6.45) is 0.0955. The average Bonchev–Trinajstić information content (AvgIpc) is 2.66. The highest BCUT2D eigenvalue weighted by atomic mass is 16.7. The number of esters is 1. The summed E-state index contributed by atoms with van der Waals surface area (Å²) < 4.78 is 23.7. The van der Waals surface area contributed by atoms with Crippen molar-refractivity contribution < 1.29 is 23.7 Å². The maximum absolute atomic E-state index is 11.5. The number of hydrogen-bond acceptors (Lipinski definition) is 5. The van der Waals surface area contributed by atoms with Crippen LogP contribution in [0, 0.1) is 17.8 Å². The topological polar surface area (TPSA) is 54.0 Å². The van der Waals surface area contributed by atoms with Gasteiger partial charge in [-0.05, 0) is 12.0 Å². The molecule has 0 bridgehead atoms. The van der Waals surface area contributed by atoms with Gasteiger partial charge in [0.1, 0.15) is 6.10 Å². The summed E-state index contributed by atoms with van der Waals surface area (Å²) >= 11 is 0. The molecule has 0 N–H and O–H groups in total. The number of benzene rings is 1. The quantitative estimate of drug-likeness (QED) is 0.635. The lowest BCUT2D eigenvalue weighted by atomic mass is 9.79. The van der Waals surface area contributed by atoms with Gasteiger partial charge >= 0.3 is 5.97 Å². The Labute approximate surface area is 163 Å². The van der Waals surface area contributed by atoms with Gasteiger partial charge in [-0.1, -0.05) is 58.0 Å². The Morgan fingerprint density at radius 2 is 1.85 bits per heavy atom. The van der Waals surface area contributed by atoms with E-state index < -0.39 is 0 Å². The van der Waals surface area contributed by atoms with Crippen LogP contribution in [0.1, 0.15) is 46.6 Å². The first kappa shape index (κ1) is 21.9. The normalized spacial score (nSPS) is 30.5. The highest BCUT2D eigenvalue weighted by molar-refractivity contribution is 5.66. The third-order valence-electron chi connectivity index (χ3n) is 5.62. The van der Waals surface area contributed by atoms with Gasteiger partial charge in [-0.25, -0.2) is 0 Å². The molecule has 1 aromatic rings. The molecule has 1 fully saturated rings. The first-order valence-corrected chi connectivity index (χ1v) is 9.90. The number of carbonyl (C=O) groups excluding carboxylic acids is 1. The van der Waals surface area contributed by atoms with Crippen molar-refractivity contribution in [3.63, 3.8) is 0 Å². The lowest BCUT2D eigenvalue weighted by Crippen LogP contribution is -2.54. The van der Waals surface area contributed by atoms with Crippen molar-refractivity contribution >= 4 is 5.97 Å². The molecule has 0 aromatic heterocycles. The van der Waals surface area contributed by atoms with E-state index >= 15 is 0 Å². The van der Waals surface area contributed by atoms with Gasteiger partial charge in [0.25, 0.3) is 0 Å². The summed E-state index contributed by atoms with van der Waals surface area (Å²) in [7, 11) is 1.66. The van der Waals surface area contributed by atoms with Crippen LogP contribution in [0.3, 0.4) is 0 Å². The number of hydrogen-bond donors (Lipinski definition) is 0. The Morgan fingerprint density at radius 1 is 1.19 bits per heavy atom. The minimum absolute atomic E-state index is 0.00816.